The SMILES string of the molecule is CC(C)COc1c(C(=O)NC2C3CC4CC(C3)CC2C4)cnn1/C=C/C(C)(C)C(=O)NCCCCN. The van der Waals surface area contributed by atoms with Gasteiger partial charge in [-0.15, -0.1) is 0 Å². The van der Waals surface area contributed by atoms with Crippen LogP contribution in [-0.4, -0.2) is 47.3 Å². The second kappa shape index (κ2) is 11.4. The molecule has 1 heterocycles. The predicted molar refractivity (Wildman–Crippen MR) is 141 cm³/mol. The lowest BCUT2D eigenvalue weighted by Crippen LogP contribution is -2.55. The van der Waals surface area contributed by atoms with Crippen molar-refractivity contribution in [3.8, 4) is 5.88 Å². The lowest BCUT2D eigenvalue weighted by atomic mass is 9.54. The largest absolute Gasteiger partial charge is 0.477 e. The van der Waals surface area contributed by atoms with Crippen LogP contribution in [0.1, 0.15) is 83.0 Å². The maximum atomic E-state index is 13.5. The Labute approximate surface area is 215 Å². The second-order valence-corrected chi connectivity index (χ2v) is 12.2. The van der Waals surface area contributed by atoms with Crippen molar-refractivity contribution in [2.45, 2.75) is 78.7 Å². The van der Waals surface area contributed by atoms with Gasteiger partial charge in [0.15, 0.2) is 0 Å². The molecule has 4 aliphatic carbocycles. The third-order valence-electron chi connectivity index (χ3n) is 8.21. The molecule has 36 heavy (non-hydrogen) atoms. The molecule has 0 atom stereocenters. The number of aromatic nitrogens is 2. The Morgan fingerprint density at radius 2 is 1.83 bits per heavy atom. The van der Waals surface area contributed by atoms with E-state index in [1.165, 1.54) is 32.1 Å². The summed E-state index contributed by atoms with van der Waals surface area (Å²) in [5.41, 5.74) is 5.25. The van der Waals surface area contributed by atoms with Gasteiger partial charge in [-0.1, -0.05) is 19.9 Å². The van der Waals surface area contributed by atoms with Crippen molar-refractivity contribution >= 4 is 18.0 Å². The van der Waals surface area contributed by atoms with Crippen LogP contribution in [0.15, 0.2) is 12.3 Å². The number of unbranched alkanes of at least 4 members (excludes halogenated alkanes) is 1. The topological polar surface area (TPSA) is 111 Å². The van der Waals surface area contributed by atoms with E-state index in [1.54, 1.807) is 23.2 Å². The molecular formula is C28H45N5O3. The lowest BCUT2D eigenvalue weighted by Gasteiger charge is -2.54. The molecule has 0 unspecified atom stereocenters. The highest BCUT2D eigenvalue weighted by atomic mass is 16.5. The molecule has 0 aliphatic heterocycles. The minimum Gasteiger partial charge on any atom is -0.477 e. The number of hydrogen-bond acceptors (Lipinski definition) is 5. The van der Waals surface area contributed by atoms with Crippen LogP contribution >= 0.6 is 0 Å². The summed E-state index contributed by atoms with van der Waals surface area (Å²) in [5, 5.41) is 10.8. The summed E-state index contributed by atoms with van der Waals surface area (Å²) in [6.07, 6.45) is 13.3. The van der Waals surface area contributed by atoms with Crippen molar-refractivity contribution in [2.75, 3.05) is 19.7 Å². The number of carbonyl (C=O) groups excluding carboxylic acids is 2. The van der Waals surface area contributed by atoms with Crippen molar-refractivity contribution in [3.63, 3.8) is 0 Å². The smallest absolute Gasteiger partial charge is 0.258 e. The van der Waals surface area contributed by atoms with Crippen LogP contribution in [0.3, 0.4) is 0 Å². The fourth-order valence-corrected chi connectivity index (χ4v) is 6.42. The first kappa shape index (κ1) is 26.7. The van der Waals surface area contributed by atoms with Crippen molar-refractivity contribution in [2.24, 2.45) is 40.7 Å². The average molecular weight is 500 g/mol. The molecule has 1 aromatic heterocycles. The molecule has 8 nitrogen and oxygen atoms in total. The summed E-state index contributed by atoms with van der Waals surface area (Å²) in [5.74, 6) is 3.48. The number of nitrogens with two attached hydrogens (primary N) is 1. The van der Waals surface area contributed by atoms with Gasteiger partial charge in [0.05, 0.1) is 18.2 Å². The van der Waals surface area contributed by atoms with Gasteiger partial charge in [-0.2, -0.15) is 5.10 Å². The maximum Gasteiger partial charge on any atom is 0.258 e. The van der Waals surface area contributed by atoms with Crippen molar-refractivity contribution in [1.82, 2.24) is 20.4 Å². The lowest BCUT2D eigenvalue weighted by molar-refractivity contribution is -0.127. The van der Waals surface area contributed by atoms with Crippen molar-refractivity contribution < 1.29 is 14.3 Å². The summed E-state index contributed by atoms with van der Waals surface area (Å²) in [4.78, 5) is 26.1. The molecule has 4 bridgehead atoms. The Morgan fingerprint density at radius 3 is 2.44 bits per heavy atom. The van der Waals surface area contributed by atoms with E-state index in [0.717, 1.165) is 24.7 Å². The van der Waals surface area contributed by atoms with E-state index in [-0.39, 0.29) is 17.9 Å². The summed E-state index contributed by atoms with van der Waals surface area (Å²) in [6, 6.07) is 0.254. The maximum absolute atomic E-state index is 13.5. The summed E-state index contributed by atoms with van der Waals surface area (Å²) < 4.78 is 7.67. The van der Waals surface area contributed by atoms with E-state index in [1.807, 2.05) is 13.8 Å². The summed E-state index contributed by atoms with van der Waals surface area (Å²) in [6.45, 7) is 9.57. The number of amides is 2. The summed E-state index contributed by atoms with van der Waals surface area (Å²) >= 11 is 0. The van der Waals surface area contributed by atoms with Gasteiger partial charge >= 0.3 is 0 Å². The third kappa shape index (κ3) is 6.13. The minimum absolute atomic E-state index is 0.0626. The first-order valence-electron chi connectivity index (χ1n) is 13.9. The zero-order chi connectivity index (χ0) is 25.9. The highest BCUT2D eigenvalue weighted by Gasteiger charge is 2.48. The molecule has 0 aromatic carbocycles. The molecule has 200 valence electrons. The number of ether oxygens (including phenoxy) is 1. The molecule has 8 heteroatoms. The van der Waals surface area contributed by atoms with E-state index in [9.17, 15) is 9.59 Å². The Morgan fingerprint density at radius 1 is 1.17 bits per heavy atom. The zero-order valence-electron chi connectivity index (χ0n) is 22.5. The van der Waals surface area contributed by atoms with Crippen LogP contribution in [0, 0.1) is 35.0 Å². The van der Waals surface area contributed by atoms with Crippen LogP contribution in [0.4, 0.5) is 0 Å². The number of carbonyl (C=O) groups is 2. The van der Waals surface area contributed by atoms with Gasteiger partial charge in [-0.3, -0.25) is 9.59 Å². The molecule has 4 aliphatic rings. The van der Waals surface area contributed by atoms with Gasteiger partial charge in [0.1, 0.15) is 5.56 Å². The summed E-state index contributed by atoms with van der Waals surface area (Å²) in [7, 11) is 0. The number of nitrogens with one attached hydrogen (secondary N) is 2. The quantitative estimate of drug-likeness (QED) is 0.379. The average Bonchev–Trinajstić information content (AvgIpc) is 3.23. The van der Waals surface area contributed by atoms with Gasteiger partial charge in [0.2, 0.25) is 11.8 Å². The van der Waals surface area contributed by atoms with Crippen LogP contribution in [0.5, 0.6) is 5.88 Å². The molecule has 4 N–H and O–H groups in total. The molecule has 0 spiro atoms. The first-order valence-corrected chi connectivity index (χ1v) is 13.9. The second-order valence-electron chi connectivity index (χ2n) is 12.2. The number of nitrogens with zero attached hydrogens (tertiary/aromatic N) is 2. The predicted octanol–water partition coefficient (Wildman–Crippen LogP) is 3.82. The minimum atomic E-state index is -0.743. The van der Waals surface area contributed by atoms with E-state index < -0.39 is 5.41 Å². The molecule has 4 fully saturated rings. The van der Waals surface area contributed by atoms with Crippen LogP contribution in [-0.2, 0) is 4.79 Å². The fraction of sp³-hybridized carbons (Fsp3) is 0.750. The molecule has 0 saturated heterocycles. The van der Waals surface area contributed by atoms with Gasteiger partial charge in [-0.25, -0.2) is 4.68 Å². The Balaban J connectivity index is 1.46. The zero-order valence-corrected chi connectivity index (χ0v) is 22.5. The van der Waals surface area contributed by atoms with E-state index in [4.69, 9.17) is 10.5 Å². The van der Waals surface area contributed by atoms with Crippen LogP contribution in [0.2, 0.25) is 0 Å². The van der Waals surface area contributed by atoms with Gasteiger partial charge < -0.3 is 21.1 Å². The number of rotatable bonds is 12. The van der Waals surface area contributed by atoms with Gasteiger partial charge in [0.25, 0.3) is 5.91 Å². The third-order valence-corrected chi connectivity index (χ3v) is 8.21. The van der Waals surface area contributed by atoms with Crippen molar-refractivity contribution in [1.29, 1.82) is 0 Å². The fourth-order valence-electron chi connectivity index (χ4n) is 6.42. The highest BCUT2D eigenvalue weighted by Crippen LogP contribution is 2.53. The molecule has 1 aromatic rings. The molecule has 2 amide bonds. The Kier molecular flexibility index (Phi) is 8.43. The highest BCUT2D eigenvalue weighted by molar-refractivity contribution is 5.96. The van der Waals surface area contributed by atoms with E-state index >= 15 is 0 Å². The molecule has 0 radical (unpaired) electrons. The van der Waals surface area contributed by atoms with E-state index in [2.05, 4.69) is 29.6 Å². The van der Waals surface area contributed by atoms with Crippen LogP contribution < -0.4 is 21.1 Å². The monoisotopic (exact) mass is 499 g/mol. The van der Waals surface area contributed by atoms with Gasteiger partial charge in [-0.05, 0) is 94.9 Å². The molecule has 5 rings (SSSR count). The first-order chi connectivity index (χ1) is 17.2. The normalized spacial score (nSPS) is 27.1. The Bertz CT molecular complexity index is 923. The molecular weight excluding hydrogens is 454 g/mol. The van der Waals surface area contributed by atoms with Gasteiger partial charge in [0, 0.05) is 18.8 Å². The standard InChI is InChI=1S/C28H45N5O3/c1-18(2)17-36-26-23(25(34)32-24-21-12-19-11-20(14-21)15-22(24)13-19)16-31-33(26)10-7-28(3,4)27(35)30-9-6-5-8-29/h7,10,16,18-22,24H,5-6,8-9,11-15,17,29H2,1-4H3,(H,30,35)(H,32,34)/b10-7+. The number of hydrogen-bond donors (Lipinski definition) is 3. The van der Waals surface area contributed by atoms with E-state index in [0.29, 0.717) is 48.9 Å². The molecule has 4 saturated carbocycles. The van der Waals surface area contributed by atoms with Crippen LogP contribution in [0.25, 0.3) is 6.20 Å². The Hall–Kier alpha value is -2.35. The van der Waals surface area contributed by atoms with Crippen molar-refractivity contribution in [3.05, 3.63) is 17.8 Å².